The SMILES string of the molecule is c1ccc2c(c1)C[C@@H]2CCN1CCN(c2cccc3c2CCOO3)CC1. The normalized spacial score (nSPS) is 22.2. The highest BCUT2D eigenvalue weighted by molar-refractivity contribution is 5.60. The topological polar surface area (TPSA) is 24.9 Å². The molecule has 0 spiro atoms. The minimum absolute atomic E-state index is 0.646. The third-order valence-electron chi connectivity index (χ3n) is 6.16. The molecule has 3 aliphatic rings. The monoisotopic (exact) mass is 350 g/mol. The number of fused-ring (bicyclic) bond motifs is 2. The Labute approximate surface area is 155 Å². The minimum atomic E-state index is 0.646. The average Bonchev–Trinajstić information content (AvgIpc) is 2.69. The molecule has 0 saturated carbocycles. The lowest BCUT2D eigenvalue weighted by molar-refractivity contribution is -0.215. The standard InChI is InChI=1S/C22H26N2O2/c1-2-5-19-17(4-1)16-18(19)8-10-23-11-13-24(14-12-23)21-6-3-7-22-20(21)9-15-25-26-22/h1-7,18H,8-16H2/t18-/m0/s1. The number of nitrogens with zero attached hydrogens (tertiary/aromatic N) is 2. The molecule has 5 rings (SSSR count). The molecule has 2 heterocycles. The van der Waals surface area contributed by atoms with Crippen LogP contribution in [0.2, 0.25) is 0 Å². The molecule has 1 fully saturated rings. The molecular formula is C22H26N2O2. The quantitative estimate of drug-likeness (QED) is 0.789. The Hall–Kier alpha value is -2.04. The van der Waals surface area contributed by atoms with Crippen molar-refractivity contribution in [1.82, 2.24) is 4.90 Å². The van der Waals surface area contributed by atoms with Gasteiger partial charge in [0, 0.05) is 43.9 Å². The van der Waals surface area contributed by atoms with Crippen LogP contribution in [0.4, 0.5) is 5.69 Å². The highest BCUT2D eigenvalue weighted by atomic mass is 17.2. The molecule has 0 amide bonds. The number of hydrogen-bond acceptors (Lipinski definition) is 4. The Morgan fingerprint density at radius 2 is 1.85 bits per heavy atom. The molecule has 0 N–H and O–H groups in total. The maximum atomic E-state index is 5.35. The molecule has 26 heavy (non-hydrogen) atoms. The molecule has 2 aromatic rings. The van der Waals surface area contributed by atoms with Gasteiger partial charge in [-0.05, 0) is 48.6 Å². The van der Waals surface area contributed by atoms with Crippen LogP contribution in [-0.2, 0) is 17.7 Å². The van der Waals surface area contributed by atoms with Crippen molar-refractivity contribution >= 4 is 5.69 Å². The Morgan fingerprint density at radius 1 is 0.962 bits per heavy atom. The van der Waals surface area contributed by atoms with Crippen LogP contribution in [-0.4, -0.2) is 44.2 Å². The van der Waals surface area contributed by atoms with Crippen molar-refractivity contribution in [3.63, 3.8) is 0 Å². The van der Waals surface area contributed by atoms with Crippen molar-refractivity contribution in [1.29, 1.82) is 0 Å². The summed E-state index contributed by atoms with van der Waals surface area (Å²) < 4.78 is 0. The predicted molar refractivity (Wildman–Crippen MR) is 103 cm³/mol. The second-order valence-electron chi connectivity index (χ2n) is 7.63. The van der Waals surface area contributed by atoms with E-state index in [9.17, 15) is 0 Å². The number of benzene rings is 2. The lowest BCUT2D eigenvalue weighted by atomic mass is 9.76. The summed E-state index contributed by atoms with van der Waals surface area (Å²) in [6.07, 6.45) is 3.50. The van der Waals surface area contributed by atoms with Crippen LogP contribution in [0, 0.1) is 0 Å². The van der Waals surface area contributed by atoms with Gasteiger partial charge >= 0.3 is 0 Å². The molecule has 2 aliphatic heterocycles. The summed E-state index contributed by atoms with van der Waals surface area (Å²) in [4.78, 5) is 15.6. The first kappa shape index (κ1) is 16.2. The number of anilines is 1. The summed E-state index contributed by atoms with van der Waals surface area (Å²) in [5, 5.41) is 0. The fourth-order valence-corrected chi connectivity index (χ4v) is 4.60. The zero-order valence-electron chi connectivity index (χ0n) is 15.2. The van der Waals surface area contributed by atoms with Crippen molar-refractivity contribution in [2.24, 2.45) is 0 Å². The molecule has 136 valence electrons. The second kappa shape index (κ2) is 6.93. The molecular weight excluding hydrogens is 324 g/mol. The summed E-state index contributed by atoms with van der Waals surface area (Å²) in [7, 11) is 0. The van der Waals surface area contributed by atoms with Gasteiger partial charge in [-0.1, -0.05) is 30.3 Å². The van der Waals surface area contributed by atoms with E-state index >= 15 is 0 Å². The first-order chi connectivity index (χ1) is 12.9. The summed E-state index contributed by atoms with van der Waals surface area (Å²) in [5.41, 5.74) is 5.78. The van der Waals surface area contributed by atoms with E-state index in [1.165, 1.54) is 30.6 Å². The van der Waals surface area contributed by atoms with E-state index in [0.29, 0.717) is 6.61 Å². The molecule has 2 aromatic carbocycles. The van der Waals surface area contributed by atoms with Crippen molar-refractivity contribution in [2.75, 3.05) is 44.2 Å². The predicted octanol–water partition coefficient (Wildman–Crippen LogP) is 3.41. The second-order valence-corrected chi connectivity index (χ2v) is 7.63. The first-order valence-electron chi connectivity index (χ1n) is 9.85. The van der Waals surface area contributed by atoms with Crippen LogP contribution in [0.3, 0.4) is 0 Å². The van der Waals surface area contributed by atoms with E-state index < -0.39 is 0 Å². The Bertz CT molecular complexity index is 783. The van der Waals surface area contributed by atoms with Crippen LogP contribution in [0.25, 0.3) is 0 Å². The van der Waals surface area contributed by atoms with E-state index in [0.717, 1.165) is 44.3 Å². The molecule has 0 unspecified atom stereocenters. The zero-order chi connectivity index (χ0) is 17.3. The van der Waals surface area contributed by atoms with Crippen molar-refractivity contribution in [3.05, 3.63) is 59.2 Å². The smallest absolute Gasteiger partial charge is 0.170 e. The lowest BCUT2D eigenvalue weighted by Gasteiger charge is -2.39. The number of piperazine rings is 1. The Balaban J connectivity index is 1.16. The molecule has 0 bridgehead atoms. The first-order valence-corrected chi connectivity index (χ1v) is 9.85. The van der Waals surface area contributed by atoms with Crippen LogP contribution < -0.4 is 9.79 Å². The largest absolute Gasteiger partial charge is 0.369 e. The Morgan fingerprint density at radius 3 is 2.73 bits per heavy atom. The van der Waals surface area contributed by atoms with Gasteiger partial charge in [-0.2, -0.15) is 4.89 Å². The van der Waals surface area contributed by atoms with Gasteiger partial charge in [-0.3, -0.25) is 4.90 Å². The van der Waals surface area contributed by atoms with E-state index in [-0.39, 0.29) is 0 Å². The maximum Gasteiger partial charge on any atom is 0.170 e. The molecule has 1 atom stereocenters. The van der Waals surface area contributed by atoms with Crippen LogP contribution in [0.1, 0.15) is 29.0 Å². The number of hydrogen-bond donors (Lipinski definition) is 0. The molecule has 0 aromatic heterocycles. The fourth-order valence-electron chi connectivity index (χ4n) is 4.60. The highest BCUT2D eigenvalue weighted by Crippen LogP contribution is 2.37. The van der Waals surface area contributed by atoms with E-state index in [4.69, 9.17) is 9.78 Å². The summed E-state index contributed by atoms with van der Waals surface area (Å²) in [5.74, 6) is 1.67. The third kappa shape index (κ3) is 2.97. The molecule has 1 aliphatic carbocycles. The van der Waals surface area contributed by atoms with Gasteiger partial charge in [-0.25, -0.2) is 0 Å². The van der Waals surface area contributed by atoms with Gasteiger partial charge in [0.2, 0.25) is 0 Å². The van der Waals surface area contributed by atoms with Crippen molar-refractivity contribution in [2.45, 2.75) is 25.2 Å². The summed E-state index contributed by atoms with van der Waals surface area (Å²) >= 11 is 0. The molecule has 4 heteroatoms. The van der Waals surface area contributed by atoms with Gasteiger partial charge in [0.25, 0.3) is 0 Å². The van der Waals surface area contributed by atoms with Gasteiger partial charge in [0.05, 0.1) is 6.61 Å². The van der Waals surface area contributed by atoms with Crippen LogP contribution >= 0.6 is 0 Å². The molecule has 4 nitrogen and oxygen atoms in total. The summed E-state index contributed by atoms with van der Waals surface area (Å²) in [6.45, 7) is 6.35. The maximum absolute atomic E-state index is 5.35. The van der Waals surface area contributed by atoms with Crippen molar-refractivity contribution in [3.8, 4) is 5.75 Å². The summed E-state index contributed by atoms with van der Waals surface area (Å²) in [6, 6.07) is 15.2. The van der Waals surface area contributed by atoms with E-state index in [1.54, 1.807) is 11.1 Å². The van der Waals surface area contributed by atoms with Gasteiger partial charge < -0.3 is 9.79 Å². The molecule has 0 radical (unpaired) electrons. The zero-order valence-corrected chi connectivity index (χ0v) is 15.2. The minimum Gasteiger partial charge on any atom is -0.369 e. The van der Waals surface area contributed by atoms with Crippen molar-refractivity contribution < 1.29 is 9.78 Å². The van der Waals surface area contributed by atoms with E-state index in [1.807, 2.05) is 6.07 Å². The third-order valence-corrected chi connectivity index (χ3v) is 6.16. The average molecular weight is 350 g/mol. The van der Waals surface area contributed by atoms with Crippen LogP contribution in [0.15, 0.2) is 42.5 Å². The van der Waals surface area contributed by atoms with Gasteiger partial charge in [-0.15, -0.1) is 0 Å². The van der Waals surface area contributed by atoms with Gasteiger partial charge in [0.15, 0.2) is 5.75 Å². The number of rotatable bonds is 4. The highest BCUT2D eigenvalue weighted by Gasteiger charge is 2.27. The van der Waals surface area contributed by atoms with Gasteiger partial charge in [0.1, 0.15) is 0 Å². The molecule has 1 saturated heterocycles. The van der Waals surface area contributed by atoms with Crippen LogP contribution in [0.5, 0.6) is 5.75 Å². The Kier molecular flexibility index (Phi) is 4.31. The lowest BCUT2D eigenvalue weighted by Crippen LogP contribution is -2.47. The fraction of sp³-hybridized carbons (Fsp3) is 0.455. The van der Waals surface area contributed by atoms with E-state index in [2.05, 4.69) is 46.2 Å².